The lowest BCUT2D eigenvalue weighted by Crippen LogP contribution is -2.39. The van der Waals surface area contributed by atoms with Gasteiger partial charge in [-0.3, -0.25) is 9.69 Å². The first kappa shape index (κ1) is 20.9. The Balaban J connectivity index is 2.24. The predicted octanol–water partition coefficient (Wildman–Crippen LogP) is 3.63. The number of carboxylic acid groups (broad SMARTS) is 1. The number of carboxylic acids is 1. The minimum atomic E-state index is -0.991. The Morgan fingerprint density at radius 3 is 2.28 bits per heavy atom. The molecule has 6 nitrogen and oxygen atoms in total. The van der Waals surface area contributed by atoms with Gasteiger partial charge in [-0.25, -0.2) is 8.78 Å². The Kier molecular flexibility index (Phi) is 6.22. The minimum Gasteiger partial charge on any atom is -0.496 e. The zero-order chi connectivity index (χ0) is 21.1. The number of hydrogen-bond donors (Lipinski definition) is 1. The fourth-order valence-corrected chi connectivity index (χ4v) is 3.88. The van der Waals surface area contributed by atoms with Crippen LogP contribution >= 0.6 is 0 Å². The summed E-state index contributed by atoms with van der Waals surface area (Å²) in [5.74, 6) is -1.27. The SMILES string of the molecule is COc1cc(OC)c(C(c2ccc(F)cc2F)N2CCCC2C(=O)O)cc1OC. The van der Waals surface area contributed by atoms with E-state index in [9.17, 15) is 18.7 Å². The molecule has 1 aliphatic rings. The summed E-state index contributed by atoms with van der Waals surface area (Å²) in [6, 6.07) is 4.92. The van der Waals surface area contributed by atoms with Crippen LogP contribution in [0.5, 0.6) is 17.2 Å². The molecule has 2 atom stereocenters. The molecule has 2 unspecified atom stereocenters. The highest BCUT2D eigenvalue weighted by atomic mass is 19.1. The number of rotatable bonds is 7. The molecule has 0 spiro atoms. The number of benzene rings is 2. The van der Waals surface area contributed by atoms with E-state index in [4.69, 9.17) is 14.2 Å². The normalized spacial score (nSPS) is 17.8. The third-order valence-electron chi connectivity index (χ3n) is 5.20. The molecule has 1 heterocycles. The molecule has 8 heteroatoms. The molecule has 0 saturated carbocycles. The third-order valence-corrected chi connectivity index (χ3v) is 5.20. The van der Waals surface area contributed by atoms with Crippen LogP contribution in [-0.2, 0) is 4.79 Å². The van der Waals surface area contributed by atoms with Crippen LogP contribution in [0.1, 0.15) is 30.0 Å². The maximum atomic E-state index is 14.8. The van der Waals surface area contributed by atoms with E-state index in [0.29, 0.717) is 42.2 Å². The molecule has 1 N–H and O–H groups in total. The summed E-state index contributed by atoms with van der Waals surface area (Å²) in [5.41, 5.74) is 0.661. The number of hydrogen-bond acceptors (Lipinski definition) is 5. The fraction of sp³-hybridized carbons (Fsp3) is 0.381. The quantitative estimate of drug-likeness (QED) is 0.756. The Labute approximate surface area is 167 Å². The molecule has 0 aliphatic carbocycles. The second-order valence-electron chi connectivity index (χ2n) is 6.75. The average Bonchev–Trinajstić information content (AvgIpc) is 3.19. The van der Waals surface area contributed by atoms with Gasteiger partial charge in [-0.2, -0.15) is 0 Å². The van der Waals surface area contributed by atoms with E-state index in [2.05, 4.69) is 0 Å². The van der Waals surface area contributed by atoms with Crippen molar-refractivity contribution >= 4 is 5.97 Å². The fourth-order valence-electron chi connectivity index (χ4n) is 3.88. The van der Waals surface area contributed by atoms with Crippen molar-refractivity contribution in [1.29, 1.82) is 0 Å². The predicted molar refractivity (Wildman–Crippen MR) is 102 cm³/mol. The largest absolute Gasteiger partial charge is 0.496 e. The first-order chi connectivity index (χ1) is 13.9. The molecule has 0 bridgehead atoms. The molecule has 0 amide bonds. The number of nitrogens with zero attached hydrogens (tertiary/aromatic N) is 1. The van der Waals surface area contributed by atoms with Gasteiger partial charge in [0, 0.05) is 29.8 Å². The maximum Gasteiger partial charge on any atom is 0.320 e. The summed E-state index contributed by atoms with van der Waals surface area (Å²) in [6.45, 7) is 0.440. The van der Waals surface area contributed by atoms with Crippen molar-refractivity contribution in [1.82, 2.24) is 4.90 Å². The van der Waals surface area contributed by atoms with Crippen LogP contribution in [0, 0.1) is 11.6 Å². The first-order valence-electron chi connectivity index (χ1n) is 9.14. The summed E-state index contributed by atoms with van der Waals surface area (Å²) in [4.78, 5) is 13.5. The van der Waals surface area contributed by atoms with Gasteiger partial charge >= 0.3 is 5.97 Å². The van der Waals surface area contributed by atoms with Crippen LogP contribution in [0.15, 0.2) is 30.3 Å². The van der Waals surface area contributed by atoms with Crippen molar-refractivity contribution in [2.24, 2.45) is 0 Å². The zero-order valence-electron chi connectivity index (χ0n) is 16.4. The molecular weight excluding hydrogens is 384 g/mol. The highest BCUT2D eigenvalue weighted by Crippen LogP contribution is 2.44. The maximum absolute atomic E-state index is 14.8. The Morgan fingerprint density at radius 1 is 1.03 bits per heavy atom. The molecule has 1 aliphatic heterocycles. The number of halogens is 2. The number of aliphatic carboxylic acids is 1. The smallest absolute Gasteiger partial charge is 0.320 e. The molecule has 1 fully saturated rings. The van der Waals surface area contributed by atoms with Crippen LogP contribution < -0.4 is 14.2 Å². The van der Waals surface area contributed by atoms with Gasteiger partial charge in [0.15, 0.2) is 11.5 Å². The van der Waals surface area contributed by atoms with E-state index in [0.717, 1.165) is 12.1 Å². The monoisotopic (exact) mass is 407 g/mol. The van der Waals surface area contributed by atoms with Crippen molar-refractivity contribution in [2.45, 2.75) is 24.9 Å². The van der Waals surface area contributed by atoms with Crippen molar-refractivity contribution in [3.8, 4) is 17.2 Å². The summed E-state index contributed by atoms with van der Waals surface area (Å²) in [6.07, 6.45) is 1.08. The van der Waals surface area contributed by atoms with Gasteiger partial charge in [0.2, 0.25) is 0 Å². The molecular formula is C21H23F2NO5. The minimum absolute atomic E-state index is 0.157. The zero-order valence-corrected chi connectivity index (χ0v) is 16.4. The van der Waals surface area contributed by atoms with Crippen LogP contribution in [-0.4, -0.2) is 49.9 Å². The van der Waals surface area contributed by atoms with Crippen LogP contribution in [0.4, 0.5) is 8.78 Å². The molecule has 0 aromatic heterocycles. The van der Waals surface area contributed by atoms with Crippen LogP contribution in [0.25, 0.3) is 0 Å². The van der Waals surface area contributed by atoms with E-state index in [-0.39, 0.29) is 5.56 Å². The van der Waals surface area contributed by atoms with Gasteiger partial charge in [-0.1, -0.05) is 6.07 Å². The summed E-state index contributed by atoms with van der Waals surface area (Å²) < 4.78 is 44.6. The van der Waals surface area contributed by atoms with Crippen LogP contribution in [0.2, 0.25) is 0 Å². The molecule has 0 radical (unpaired) electrons. The lowest BCUT2D eigenvalue weighted by molar-refractivity contribution is -0.142. The molecule has 3 rings (SSSR count). The van der Waals surface area contributed by atoms with E-state index in [1.165, 1.54) is 27.4 Å². The van der Waals surface area contributed by atoms with Crippen molar-refractivity contribution in [3.63, 3.8) is 0 Å². The van der Waals surface area contributed by atoms with E-state index < -0.39 is 29.7 Å². The summed E-state index contributed by atoms with van der Waals surface area (Å²) >= 11 is 0. The van der Waals surface area contributed by atoms with Crippen molar-refractivity contribution < 1.29 is 32.9 Å². The molecule has 2 aromatic rings. The van der Waals surface area contributed by atoms with Gasteiger partial charge in [-0.15, -0.1) is 0 Å². The Morgan fingerprint density at radius 2 is 1.69 bits per heavy atom. The molecule has 1 saturated heterocycles. The first-order valence-corrected chi connectivity index (χ1v) is 9.14. The number of ether oxygens (including phenoxy) is 3. The van der Waals surface area contributed by atoms with E-state index in [1.807, 2.05) is 0 Å². The van der Waals surface area contributed by atoms with E-state index >= 15 is 0 Å². The highest BCUT2D eigenvalue weighted by Gasteiger charge is 2.39. The number of carbonyl (C=O) groups is 1. The Bertz CT molecular complexity index is 905. The van der Waals surface area contributed by atoms with Gasteiger partial charge in [0.1, 0.15) is 23.4 Å². The van der Waals surface area contributed by atoms with E-state index in [1.54, 1.807) is 17.0 Å². The molecule has 156 valence electrons. The summed E-state index contributed by atoms with van der Waals surface area (Å²) in [5, 5.41) is 9.68. The standard InChI is InChI=1S/C21H23F2NO5/c1-27-17-11-19(29-3)18(28-2)10-14(17)20(13-7-6-12(22)9-15(13)23)24-8-4-5-16(24)21(25)26/h6-7,9-11,16,20H,4-5,8H2,1-3H3,(H,25,26). The second-order valence-corrected chi connectivity index (χ2v) is 6.75. The number of methoxy groups -OCH3 is 3. The van der Waals surface area contributed by atoms with Gasteiger partial charge in [0.25, 0.3) is 0 Å². The Hall–Kier alpha value is -2.87. The number of likely N-dealkylation sites (tertiary alicyclic amines) is 1. The highest BCUT2D eigenvalue weighted by molar-refractivity contribution is 5.74. The van der Waals surface area contributed by atoms with Crippen molar-refractivity contribution in [3.05, 3.63) is 53.1 Å². The third kappa shape index (κ3) is 3.98. The molecule has 29 heavy (non-hydrogen) atoms. The molecule has 2 aromatic carbocycles. The lowest BCUT2D eigenvalue weighted by Gasteiger charge is -2.33. The average molecular weight is 407 g/mol. The van der Waals surface area contributed by atoms with Gasteiger partial charge in [-0.05, 0) is 25.0 Å². The second kappa shape index (κ2) is 8.65. The lowest BCUT2D eigenvalue weighted by atomic mass is 9.94. The van der Waals surface area contributed by atoms with Gasteiger partial charge < -0.3 is 19.3 Å². The summed E-state index contributed by atoms with van der Waals surface area (Å²) in [7, 11) is 4.41. The van der Waals surface area contributed by atoms with Crippen molar-refractivity contribution in [2.75, 3.05) is 27.9 Å². The van der Waals surface area contributed by atoms with Gasteiger partial charge in [0.05, 0.1) is 27.4 Å². The van der Waals surface area contributed by atoms with Crippen LogP contribution in [0.3, 0.4) is 0 Å². The topological polar surface area (TPSA) is 68.2 Å².